The van der Waals surface area contributed by atoms with E-state index in [0.29, 0.717) is 0 Å². The highest BCUT2D eigenvalue weighted by Gasteiger charge is 2.39. The molecule has 29 heavy (non-hydrogen) atoms. The Bertz CT molecular complexity index is 725. The van der Waals surface area contributed by atoms with Crippen LogP contribution in [0.4, 0.5) is 0 Å². The van der Waals surface area contributed by atoms with E-state index in [9.17, 15) is 19.5 Å². The Morgan fingerprint density at radius 3 is 1.79 bits per heavy atom. The lowest BCUT2D eigenvalue weighted by atomic mass is 10.1. The number of hydrogen-bond acceptors (Lipinski definition) is 5. The van der Waals surface area contributed by atoms with Gasteiger partial charge in [0, 0.05) is 21.2 Å². The van der Waals surface area contributed by atoms with Crippen LogP contribution in [0, 0.1) is 0 Å². The lowest BCUT2D eigenvalue weighted by molar-refractivity contribution is -0.370. The van der Waals surface area contributed by atoms with Crippen LogP contribution < -0.4 is 4.52 Å². The summed E-state index contributed by atoms with van der Waals surface area (Å²) in [4.78, 5) is 18.5. The molecule has 1 aromatic carbocycles. The first-order chi connectivity index (χ1) is 12.9. The molecule has 1 aromatic rings. The van der Waals surface area contributed by atoms with Crippen LogP contribution in [-0.4, -0.2) is 44.3 Å². The monoisotopic (exact) mass is 504 g/mol. The maximum absolute atomic E-state index is 11.4. The topological polar surface area (TPSA) is 105 Å². The zero-order valence-electron chi connectivity index (χ0n) is 17.7. The molecular formula is C17H31Cl2O7PSi2. The van der Waals surface area contributed by atoms with E-state index < -0.39 is 35.7 Å². The van der Waals surface area contributed by atoms with Gasteiger partial charge in [-0.1, -0.05) is 62.5 Å². The molecule has 0 unspecified atom stereocenters. The van der Waals surface area contributed by atoms with E-state index in [1.165, 1.54) is 12.1 Å². The molecule has 0 saturated heterocycles. The second-order valence-corrected chi connectivity index (χ2v) is 22.5. The summed E-state index contributed by atoms with van der Waals surface area (Å²) in [6.45, 7) is 13.3. The van der Waals surface area contributed by atoms with Gasteiger partial charge in [0.2, 0.25) is 0 Å². The fourth-order valence-corrected chi connectivity index (χ4v) is 4.64. The van der Waals surface area contributed by atoms with E-state index in [1.54, 1.807) is 0 Å². The Kier molecular flexibility index (Phi) is 9.46. The summed E-state index contributed by atoms with van der Waals surface area (Å²) in [6, 6.07) is 3.98. The number of phosphoric acid groups is 1. The molecule has 0 saturated carbocycles. The molecule has 168 valence electrons. The zero-order valence-corrected chi connectivity index (χ0v) is 22.1. The molecule has 0 spiro atoms. The molecular weight excluding hydrogens is 474 g/mol. The smallest absolute Gasteiger partial charge is 0.402 e. The first kappa shape index (κ1) is 27.1. The van der Waals surface area contributed by atoms with Gasteiger partial charge in [0.25, 0.3) is 0 Å². The third-order valence-corrected chi connectivity index (χ3v) is 8.19. The van der Waals surface area contributed by atoms with Crippen molar-refractivity contribution in [3.8, 4) is 5.75 Å². The van der Waals surface area contributed by atoms with Gasteiger partial charge in [-0.05, 0) is 24.2 Å². The van der Waals surface area contributed by atoms with Crippen molar-refractivity contribution in [1.82, 2.24) is 0 Å². The zero-order chi connectivity index (χ0) is 22.7. The second-order valence-electron chi connectivity index (χ2n) is 9.25. The third-order valence-electron chi connectivity index (χ3n) is 3.86. The van der Waals surface area contributed by atoms with Gasteiger partial charge in [-0.15, -0.1) is 0 Å². The van der Waals surface area contributed by atoms with E-state index in [0.717, 1.165) is 12.1 Å². The van der Waals surface area contributed by atoms with Crippen molar-refractivity contribution in [2.24, 2.45) is 0 Å². The first-order valence-electron chi connectivity index (χ1n) is 9.17. The third kappa shape index (κ3) is 10.3. The van der Waals surface area contributed by atoms with Crippen molar-refractivity contribution in [2.75, 3.05) is 13.2 Å². The van der Waals surface area contributed by atoms with Gasteiger partial charge >= 0.3 is 13.8 Å². The van der Waals surface area contributed by atoms with Crippen molar-refractivity contribution in [1.29, 1.82) is 0 Å². The number of ether oxygens (including phenoxy) is 2. The molecule has 0 atom stereocenters. The molecule has 0 radical (unpaired) electrons. The molecule has 0 fully saturated rings. The summed E-state index contributed by atoms with van der Waals surface area (Å²) in [5, 5.41) is 11.2. The maximum atomic E-state index is 11.4. The predicted octanol–water partition coefficient (Wildman–Crippen LogP) is 5.28. The van der Waals surface area contributed by atoms with Gasteiger partial charge in [-0.2, -0.15) is 0 Å². The van der Waals surface area contributed by atoms with Gasteiger partial charge in [0.05, 0.1) is 23.8 Å². The van der Waals surface area contributed by atoms with E-state index in [1.807, 2.05) is 0 Å². The highest BCUT2D eigenvalue weighted by atomic mass is 35.5. The van der Waals surface area contributed by atoms with Crippen molar-refractivity contribution in [2.45, 2.75) is 57.3 Å². The fourth-order valence-electron chi connectivity index (χ4n) is 2.20. The average Bonchev–Trinajstić information content (AvgIpc) is 2.45. The number of aliphatic hydroxyl groups is 1. The minimum absolute atomic E-state index is 0.129. The molecule has 7 nitrogen and oxygen atoms in total. The summed E-state index contributed by atoms with van der Waals surface area (Å²) in [7, 11) is -7.94. The quantitative estimate of drug-likeness (QED) is 0.214. The number of hydrogen-bond donors (Lipinski definition) is 3. The number of phosphoric ester groups is 1. The largest absolute Gasteiger partial charge is 0.524 e. The summed E-state index contributed by atoms with van der Waals surface area (Å²) in [6.07, 6.45) is 0. The summed E-state index contributed by atoms with van der Waals surface area (Å²) >= 11 is 12.2. The van der Waals surface area contributed by atoms with E-state index in [4.69, 9.17) is 37.2 Å². The number of benzene rings is 1. The van der Waals surface area contributed by atoms with Crippen molar-refractivity contribution in [3.05, 3.63) is 27.7 Å². The van der Waals surface area contributed by atoms with Crippen molar-refractivity contribution < 1.29 is 33.5 Å². The number of halogens is 2. The van der Waals surface area contributed by atoms with Crippen LogP contribution in [0.1, 0.15) is 5.56 Å². The summed E-state index contributed by atoms with van der Waals surface area (Å²) in [5.74, 6) is -2.76. The van der Waals surface area contributed by atoms with E-state index >= 15 is 0 Å². The summed E-state index contributed by atoms with van der Waals surface area (Å²) < 4.78 is 27.6. The summed E-state index contributed by atoms with van der Waals surface area (Å²) in [5.41, 5.74) is -0.190. The average molecular weight is 505 g/mol. The Balaban J connectivity index is 3.33. The molecule has 0 aliphatic carbocycles. The molecule has 0 aliphatic heterocycles. The SMILES string of the molecule is C[Si](C)(C)CCOC(O)(OCC[Si](C)(C)C)c1cc(Cl)cc(Cl)c1OP(=O)(O)O. The standard InChI is InChI=1S/C17H31Cl2O7PSi2/c1-28(2,3)9-7-24-17(20,25-8-10-29(4,5)6)14-11-13(18)12-15(19)16(14)26-27(21,22)23/h11-12,20H,7-10H2,1-6H3,(H2,21,22,23). The van der Waals surface area contributed by atoms with Gasteiger partial charge in [-0.3, -0.25) is 9.79 Å². The Hall–Kier alpha value is 0.0638. The fraction of sp³-hybridized carbons (Fsp3) is 0.647. The molecule has 12 heteroatoms. The molecule has 0 aromatic heterocycles. The Morgan fingerprint density at radius 2 is 1.41 bits per heavy atom. The van der Waals surface area contributed by atoms with Crippen molar-refractivity contribution in [3.63, 3.8) is 0 Å². The van der Waals surface area contributed by atoms with Crippen LogP contribution in [0.25, 0.3) is 0 Å². The number of rotatable bonds is 11. The van der Waals surface area contributed by atoms with Crippen LogP contribution in [0.5, 0.6) is 5.75 Å². The van der Waals surface area contributed by atoms with E-state index in [-0.39, 0.29) is 28.8 Å². The van der Waals surface area contributed by atoms with Crippen LogP contribution in [0.15, 0.2) is 12.1 Å². The lowest BCUT2D eigenvalue weighted by Gasteiger charge is -2.32. The molecule has 0 aliphatic rings. The normalized spacial score (nSPS) is 13.6. The lowest BCUT2D eigenvalue weighted by Crippen LogP contribution is -2.37. The van der Waals surface area contributed by atoms with E-state index in [2.05, 4.69) is 39.3 Å². The van der Waals surface area contributed by atoms with Crippen LogP contribution in [0.3, 0.4) is 0 Å². The Labute approximate surface area is 184 Å². The molecule has 3 N–H and O–H groups in total. The van der Waals surface area contributed by atoms with Crippen molar-refractivity contribution >= 4 is 47.2 Å². The minimum Gasteiger partial charge on any atom is -0.402 e. The molecule has 0 amide bonds. The van der Waals surface area contributed by atoms with Gasteiger partial charge in [0.1, 0.15) is 0 Å². The molecule has 0 heterocycles. The van der Waals surface area contributed by atoms with Crippen LogP contribution in [0.2, 0.25) is 61.4 Å². The predicted molar refractivity (Wildman–Crippen MR) is 121 cm³/mol. The van der Waals surface area contributed by atoms with Crippen LogP contribution >= 0.6 is 31.0 Å². The Morgan fingerprint density at radius 1 is 0.966 bits per heavy atom. The first-order valence-corrected chi connectivity index (χ1v) is 18.9. The maximum Gasteiger partial charge on any atom is 0.524 e. The van der Waals surface area contributed by atoms with Gasteiger partial charge in [-0.25, -0.2) is 4.57 Å². The molecule has 0 bridgehead atoms. The van der Waals surface area contributed by atoms with Gasteiger partial charge < -0.3 is 19.1 Å². The van der Waals surface area contributed by atoms with Gasteiger partial charge in [0.15, 0.2) is 5.75 Å². The minimum atomic E-state index is -4.97. The van der Waals surface area contributed by atoms with Crippen LogP contribution in [-0.2, 0) is 20.0 Å². The highest BCUT2D eigenvalue weighted by molar-refractivity contribution is 7.46. The highest BCUT2D eigenvalue weighted by Crippen LogP contribution is 2.47. The molecule has 1 rings (SSSR count). The second kappa shape index (κ2) is 10.1.